The fourth-order valence-electron chi connectivity index (χ4n) is 5.86. The van der Waals surface area contributed by atoms with Crippen LogP contribution in [0.3, 0.4) is 0 Å². The monoisotopic (exact) mass is 604 g/mol. The molecule has 1 amide bonds. The van der Waals surface area contributed by atoms with Gasteiger partial charge in [-0.3, -0.25) is 14.8 Å². The third-order valence-electron chi connectivity index (χ3n) is 8.52. The van der Waals surface area contributed by atoms with Gasteiger partial charge in [0.15, 0.2) is 5.82 Å². The van der Waals surface area contributed by atoms with Crippen LogP contribution in [0.1, 0.15) is 34.3 Å². The van der Waals surface area contributed by atoms with Crippen LogP contribution in [-0.4, -0.2) is 86.7 Å². The summed E-state index contributed by atoms with van der Waals surface area (Å²) in [4.78, 5) is 18.4. The molecule has 11 heteroatoms. The third kappa shape index (κ3) is 6.85. The molecule has 2 aliphatic rings. The van der Waals surface area contributed by atoms with Crippen LogP contribution in [0, 0.1) is 11.6 Å². The standard InChI is InChI=1S/C33H38F2N6O3/c1-40(9-12-43-2)27-19-41(20-27)26-4-5-28(31(18-26)36-25-7-10-44-11-8-25)33(42)37-32-29-16-21(3-6-30(29)38-39-32)13-22-14-23(34)17-24(35)15-22/h3-6,14-18,25,27,36H,7-13,19-20H2,1-2H3,(H2,37,38,39,42). The number of carbonyl (C=O) groups is 1. The number of amides is 1. The molecule has 0 saturated carbocycles. The molecule has 0 atom stereocenters. The lowest BCUT2D eigenvalue weighted by Gasteiger charge is -2.45. The van der Waals surface area contributed by atoms with Gasteiger partial charge in [0.2, 0.25) is 0 Å². The molecule has 9 nitrogen and oxygen atoms in total. The Morgan fingerprint density at radius 1 is 1.07 bits per heavy atom. The zero-order valence-corrected chi connectivity index (χ0v) is 25.0. The molecule has 3 N–H and O–H groups in total. The molecule has 0 unspecified atom stereocenters. The second-order valence-corrected chi connectivity index (χ2v) is 11.7. The summed E-state index contributed by atoms with van der Waals surface area (Å²) in [5, 5.41) is 14.6. The Kier molecular flexibility index (Phi) is 9.06. The van der Waals surface area contributed by atoms with Crippen molar-refractivity contribution in [2.75, 3.05) is 69.1 Å². The van der Waals surface area contributed by atoms with E-state index in [2.05, 4.69) is 43.7 Å². The molecule has 2 fully saturated rings. The molecule has 1 aromatic heterocycles. The molecule has 232 valence electrons. The molecule has 4 aromatic rings. The number of H-pyrrole nitrogens is 1. The summed E-state index contributed by atoms with van der Waals surface area (Å²) in [6, 6.07) is 15.7. The van der Waals surface area contributed by atoms with E-state index in [-0.39, 0.29) is 11.9 Å². The number of aromatic amines is 1. The SMILES string of the molecule is COCCN(C)C1CN(c2ccc(C(=O)Nc3n[nH]c4ccc(Cc5cc(F)cc(F)c5)cc34)c(NC3CCOCC3)c2)C1. The Hall–Kier alpha value is -4.06. The Morgan fingerprint density at radius 2 is 1.84 bits per heavy atom. The van der Waals surface area contributed by atoms with Gasteiger partial charge >= 0.3 is 0 Å². The van der Waals surface area contributed by atoms with Crippen molar-refractivity contribution in [1.82, 2.24) is 15.1 Å². The van der Waals surface area contributed by atoms with Crippen molar-refractivity contribution in [2.45, 2.75) is 31.3 Å². The van der Waals surface area contributed by atoms with Crippen LogP contribution in [0.2, 0.25) is 0 Å². The molecule has 0 aliphatic carbocycles. The number of likely N-dealkylation sites (N-methyl/N-ethyl adjacent to an activating group) is 1. The molecule has 44 heavy (non-hydrogen) atoms. The lowest BCUT2D eigenvalue weighted by molar-refractivity contribution is 0.0904. The van der Waals surface area contributed by atoms with E-state index in [1.807, 2.05) is 30.3 Å². The quantitative estimate of drug-likeness (QED) is 0.221. The first-order valence-electron chi connectivity index (χ1n) is 15.0. The number of rotatable bonds is 11. The van der Waals surface area contributed by atoms with Crippen molar-refractivity contribution in [2.24, 2.45) is 0 Å². The van der Waals surface area contributed by atoms with Gasteiger partial charge in [0, 0.05) is 74.9 Å². The second-order valence-electron chi connectivity index (χ2n) is 11.7. The number of ether oxygens (including phenoxy) is 2. The first-order chi connectivity index (χ1) is 21.4. The fourth-order valence-corrected chi connectivity index (χ4v) is 5.86. The summed E-state index contributed by atoms with van der Waals surface area (Å²) in [7, 11) is 3.84. The molecule has 2 aliphatic heterocycles. The lowest BCUT2D eigenvalue weighted by Crippen LogP contribution is -2.59. The van der Waals surface area contributed by atoms with Crippen LogP contribution in [0.25, 0.3) is 10.9 Å². The maximum Gasteiger partial charge on any atom is 0.258 e. The number of hydrogen-bond acceptors (Lipinski definition) is 7. The predicted molar refractivity (Wildman–Crippen MR) is 168 cm³/mol. The number of aromatic nitrogens is 2. The highest BCUT2D eigenvalue weighted by molar-refractivity contribution is 6.11. The van der Waals surface area contributed by atoms with Crippen LogP contribution < -0.4 is 15.5 Å². The topological polar surface area (TPSA) is 94.8 Å². The third-order valence-corrected chi connectivity index (χ3v) is 8.52. The lowest BCUT2D eigenvalue weighted by atomic mass is 10.0. The fraction of sp³-hybridized carbons (Fsp3) is 0.394. The van der Waals surface area contributed by atoms with E-state index in [0.717, 1.165) is 61.0 Å². The van der Waals surface area contributed by atoms with Crippen LogP contribution in [-0.2, 0) is 15.9 Å². The van der Waals surface area contributed by atoms with Crippen LogP contribution in [0.5, 0.6) is 0 Å². The van der Waals surface area contributed by atoms with Gasteiger partial charge in [-0.15, -0.1) is 0 Å². The van der Waals surface area contributed by atoms with Gasteiger partial charge in [0.1, 0.15) is 11.6 Å². The molecular weight excluding hydrogens is 566 g/mol. The zero-order valence-electron chi connectivity index (χ0n) is 25.0. The van der Waals surface area contributed by atoms with Gasteiger partial charge in [-0.2, -0.15) is 5.10 Å². The molecule has 3 aromatic carbocycles. The van der Waals surface area contributed by atoms with E-state index >= 15 is 0 Å². The summed E-state index contributed by atoms with van der Waals surface area (Å²) >= 11 is 0. The van der Waals surface area contributed by atoms with E-state index in [9.17, 15) is 13.6 Å². The van der Waals surface area contributed by atoms with Crippen molar-refractivity contribution in [3.05, 3.63) is 82.9 Å². The van der Waals surface area contributed by atoms with Crippen molar-refractivity contribution < 1.29 is 23.0 Å². The van der Waals surface area contributed by atoms with Gasteiger partial charge in [-0.1, -0.05) is 6.07 Å². The van der Waals surface area contributed by atoms with E-state index in [1.54, 1.807) is 7.11 Å². The van der Waals surface area contributed by atoms with Crippen molar-refractivity contribution in [1.29, 1.82) is 0 Å². The number of nitrogens with zero attached hydrogens (tertiary/aromatic N) is 3. The average Bonchev–Trinajstić information content (AvgIpc) is 3.37. The highest BCUT2D eigenvalue weighted by Crippen LogP contribution is 2.31. The zero-order chi connectivity index (χ0) is 30.6. The Balaban J connectivity index is 1.21. The Bertz CT molecular complexity index is 1600. The molecule has 3 heterocycles. The van der Waals surface area contributed by atoms with Gasteiger partial charge in [0.05, 0.1) is 17.7 Å². The minimum atomic E-state index is -0.614. The number of anilines is 3. The minimum absolute atomic E-state index is 0.205. The number of nitrogens with one attached hydrogen (secondary N) is 3. The molecule has 2 saturated heterocycles. The van der Waals surface area contributed by atoms with Gasteiger partial charge in [-0.05, 0) is 79.9 Å². The summed E-state index contributed by atoms with van der Waals surface area (Å²) in [6.45, 7) is 4.78. The van der Waals surface area contributed by atoms with E-state index in [4.69, 9.17) is 9.47 Å². The van der Waals surface area contributed by atoms with E-state index in [1.165, 1.54) is 12.1 Å². The van der Waals surface area contributed by atoms with Crippen molar-refractivity contribution in [3.8, 4) is 0 Å². The highest BCUT2D eigenvalue weighted by Gasteiger charge is 2.31. The number of benzene rings is 3. The van der Waals surface area contributed by atoms with Crippen LogP contribution in [0.4, 0.5) is 26.0 Å². The summed E-state index contributed by atoms with van der Waals surface area (Å²) in [5.41, 5.74) is 4.47. The average molecular weight is 605 g/mol. The Morgan fingerprint density at radius 3 is 2.59 bits per heavy atom. The normalized spacial score (nSPS) is 16.0. The number of fused-ring (bicyclic) bond motifs is 1. The molecule has 0 spiro atoms. The van der Waals surface area contributed by atoms with Crippen molar-refractivity contribution >= 4 is 34.0 Å². The highest BCUT2D eigenvalue weighted by atomic mass is 19.1. The first-order valence-corrected chi connectivity index (χ1v) is 15.0. The molecule has 0 bridgehead atoms. The molecule has 0 radical (unpaired) electrons. The van der Waals surface area contributed by atoms with E-state index in [0.29, 0.717) is 54.6 Å². The summed E-state index contributed by atoms with van der Waals surface area (Å²) in [6.07, 6.45) is 2.07. The smallest absolute Gasteiger partial charge is 0.258 e. The van der Waals surface area contributed by atoms with E-state index < -0.39 is 11.6 Å². The van der Waals surface area contributed by atoms with Crippen LogP contribution in [0.15, 0.2) is 54.6 Å². The number of carbonyl (C=O) groups excluding carboxylic acids is 1. The van der Waals surface area contributed by atoms with Gasteiger partial charge in [0.25, 0.3) is 5.91 Å². The largest absolute Gasteiger partial charge is 0.383 e. The minimum Gasteiger partial charge on any atom is -0.383 e. The number of methoxy groups -OCH3 is 1. The van der Waals surface area contributed by atoms with Gasteiger partial charge in [-0.25, -0.2) is 8.78 Å². The number of halogens is 2. The maximum absolute atomic E-state index is 13.7. The first kappa shape index (κ1) is 30.0. The predicted octanol–water partition coefficient (Wildman–Crippen LogP) is 5.04. The molecular formula is C33H38F2N6O3. The second kappa shape index (κ2) is 13.3. The van der Waals surface area contributed by atoms with Crippen LogP contribution >= 0.6 is 0 Å². The molecule has 6 rings (SSSR count). The van der Waals surface area contributed by atoms with Gasteiger partial charge < -0.3 is 25.0 Å². The maximum atomic E-state index is 13.7. The summed E-state index contributed by atoms with van der Waals surface area (Å²) in [5.74, 6) is -1.12. The number of hydrogen-bond donors (Lipinski definition) is 3. The summed E-state index contributed by atoms with van der Waals surface area (Å²) < 4.78 is 38.3. The Labute approximate surface area is 255 Å². The van der Waals surface area contributed by atoms with Crippen molar-refractivity contribution in [3.63, 3.8) is 0 Å².